The lowest BCUT2D eigenvalue weighted by atomic mass is 10.1. The normalized spacial score (nSPS) is 14.3. The maximum atomic E-state index is 12.6. The summed E-state index contributed by atoms with van der Waals surface area (Å²) in [5, 5.41) is 29.2. The molecule has 112 valence electrons. The van der Waals surface area contributed by atoms with E-state index in [-0.39, 0.29) is 11.3 Å². The van der Waals surface area contributed by atoms with Gasteiger partial charge in [-0.1, -0.05) is 5.16 Å². The fraction of sp³-hybridized carbons (Fsp3) is 0.364. The summed E-state index contributed by atoms with van der Waals surface area (Å²) < 4.78 is 37.8. The molecular weight excluding hydrogens is 297 g/mol. The van der Waals surface area contributed by atoms with Gasteiger partial charge in [0.25, 0.3) is 0 Å². The van der Waals surface area contributed by atoms with E-state index < -0.39 is 30.3 Å². The SMILES string of the molecule is NC(=NO)c1cc(C(F)(F)F)ccc1SCC(O)CO. The van der Waals surface area contributed by atoms with Crippen molar-refractivity contribution in [2.24, 2.45) is 10.9 Å². The molecule has 0 spiro atoms. The smallest absolute Gasteiger partial charge is 0.409 e. The maximum Gasteiger partial charge on any atom is 0.416 e. The quantitative estimate of drug-likeness (QED) is 0.216. The van der Waals surface area contributed by atoms with E-state index in [0.717, 1.165) is 23.9 Å². The van der Waals surface area contributed by atoms with Crippen LogP contribution in [-0.2, 0) is 6.18 Å². The Balaban J connectivity index is 3.11. The van der Waals surface area contributed by atoms with Crippen LogP contribution in [0.3, 0.4) is 0 Å². The van der Waals surface area contributed by atoms with E-state index in [1.54, 1.807) is 0 Å². The summed E-state index contributed by atoms with van der Waals surface area (Å²) in [7, 11) is 0. The molecule has 1 unspecified atom stereocenters. The number of nitrogens with two attached hydrogens (primary N) is 1. The van der Waals surface area contributed by atoms with Gasteiger partial charge >= 0.3 is 6.18 Å². The summed E-state index contributed by atoms with van der Waals surface area (Å²) in [4.78, 5) is 0.306. The van der Waals surface area contributed by atoms with Gasteiger partial charge in [0.1, 0.15) is 0 Å². The first-order valence-corrected chi connectivity index (χ1v) is 6.39. The van der Waals surface area contributed by atoms with Gasteiger partial charge in [-0.2, -0.15) is 13.2 Å². The summed E-state index contributed by atoms with van der Waals surface area (Å²) in [6, 6.07) is 2.80. The predicted molar refractivity (Wildman–Crippen MR) is 67.8 cm³/mol. The van der Waals surface area contributed by atoms with Gasteiger partial charge in [-0.3, -0.25) is 0 Å². The fourth-order valence-corrected chi connectivity index (χ4v) is 2.29. The lowest BCUT2D eigenvalue weighted by Crippen LogP contribution is -2.18. The highest BCUT2D eigenvalue weighted by molar-refractivity contribution is 7.99. The zero-order valence-corrected chi connectivity index (χ0v) is 10.9. The highest BCUT2D eigenvalue weighted by Crippen LogP contribution is 2.33. The lowest BCUT2D eigenvalue weighted by Gasteiger charge is -2.13. The standard InChI is InChI=1S/C11H13F3N2O3S/c12-11(13,14)6-1-2-9(20-5-7(18)4-17)8(3-6)10(15)16-19/h1-3,7,17-19H,4-5H2,(H2,15,16). The fourth-order valence-electron chi connectivity index (χ4n) is 1.32. The molecular formula is C11H13F3N2O3S. The monoisotopic (exact) mass is 310 g/mol. The Morgan fingerprint density at radius 1 is 1.40 bits per heavy atom. The number of oxime groups is 1. The van der Waals surface area contributed by atoms with Crippen molar-refractivity contribution in [1.82, 2.24) is 0 Å². The molecule has 0 amide bonds. The third kappa shape index (κ3) is 4.29. The van der Waals surface area contributed by atoms with Crippen molar-refractivity contribution < 1.29 is 28.6 Å². The average molecular weight is 310 g/mol. The lowest BCUT2D eigenvalue weighted by molar-refractivity contribution is -0.137. The van der Waals surface area contributed by atoms with Crippen LogP contribution < -0.4 is 5.73 Å². The summed E-state index contributed by atoms with van der Waals surface area (Å²) in [5.74, 6) is -0.398. The van der Waals surface area contributed by atoms with Crippen molar-refractivity contribution in [3.8, 4) is 0 Å². The van der Waals surface area contributed by atoms with Crippen LogP contribution in [0, 0.1) is 0 Å². The molecule has 5 N–H and O–H groups in total. The van der Waals surface area contributed by atoms with E-state index in [9.17, 15) is 18.3 Å². The number of thioether (sulfide) groups is 1. The molecule has 9 heteroatoms. The molecule has 0 heterocycles. The molecule has 0 bridgehead atoms. The molecule has 0 fully saturated rings. The van der Waals surface area contributed by atoms with Crippen molar-refractivity contribution in [3.05, 3.63) is 29.3 Å². The number of halogens is 3. The zero-order chi connectivity index (χ0) is 15.3. The molecule has 0 aliphatic rings. The molecule has 1 aromatic carbocycles. The minimum atomic E-state index is -4.54. The van der Waals surface area contributed by atoms with E-state index in [0.29, 0.717) is 4.90 Å². The number of benzene rings is 1. The van der Waals surface area contributed by atoms with Crippen molar-refractivity contribution in [1.29, 1.82) is 0 Å². The first-order chi connectivity index (χ1) is 9.29. The highest BCUT2D eigenvalue weighted by atomic mass is 32.2. The molecule has 1 rings (SSSR count). The van der Waals surface area contributed by atoms with E-state index in [2.05, 4.69) is 5.16 Å². The Kier molecular flexibility index (Phi) is 5.66. The third-order valence-electron chi connectivity index (χ3n) is 2.33. The second-order valence-electron chi connectivity index (χ2n) is 3.84. The first-order valence-electron chi connectivity index (χ1n) is 5.40. The van der Waals surface area contributed by atoms with Crippen LogP contribution in [0.2, 0.25) is 0 Å². The molecule has 0 saturated carbocycles. The van der Waals surface area contributed by atoms with Crippen LogP contribution in [0.4, 0.5) is 13.2 Å². The largest absolute Gasteiger partial charge is 0.416 e. The van der Waals surface area contributed by atoms with Gasteiger partial charge in [0.15, 0.2) is 5.84 Å². The van der Waals surface area contributed by atoms with Crippen molar-refractivity contribution in [2.75, 3.05) is 12.4 Å². The summed E-state index contributed by atoms with van der Waals surface area (Å²) in [5.41, 5.74) is 4.34. The minimum Gasteiger partial charge on any atom is -0.409 e. The van der Waals surface area contributed by atoms with E-state index in [4.69, 9.17) is 16.0 Å². The summed E-state index contributed by atoms with van der Waals surface area (Å²) in [6.45, 7) is -0.466. The molecule has 0 aromatic heterocycles. The number of aliphatic hydroxyl groups is 2. The molecule has 1 atom stereocenters. The summed E-state index contributed by atoms with van der Waals surface area (Å²) in [6.07, 6.45) is -5.55. The van der Waals surface area contributed by atoms with Crippen LogP contribution in [0.15, 0.2) is 28.3 Å². The predicted octanol–water partition coefficient (Wildman–Crippen LogP) is 1.25. The Morgan fingerprint density at radius 3 is 2.55 bits per heavy atom. The number of rotatable bonds is 5. The Labute approximate surface area is 116 Å². The van der Waals surface area contributed by atoms with Crippen LogP contribution >= 0.6 is 11.8 Å². The van der Waals surface area contributed by atoms with E-state index in [1.165, 1.54) is 6.07 Å². The number of hydrogen-bond acceptors (Lipinski definition) is 5. The van der Waals surface area contributed by atoms with Gasteiger partial charge in [0, 0.05) is 16.2 Å². The molecule has 20 heavy (non-hydrogen) atoms. The topological polar surface area (TPSA) is 99.1 Å². The van der Waals surface area contributed by atoms with Crippen molar-refractivity contribution >= 4 is 17.6 Å². The Bertz CT molecular complexity index is 494. The van der Waals surface area contributed by atoms with Gasteiger partial charge in [0.05, 0.1) is 18.3 Å². The van der Waals surface area contributed by atoms with Gasteiger partial charge in [0.2, 0.25) is 0 Å². The minimum absolute atomic E-state index is 0.0631. The van der Waals surface area contributed by atoms with Gasteiger partial charge < -0.3 is 21.2 Å². The van der Waals surface area contributed by atoms with Crippen LogP contribution in [0.25, 0.3) is 0 Å². The number of aliphatic hydroxyl groups excluding tert-OH is 2. The molecule has 0 saturated heterocycles. The van der Waals surface area contributed by atoms with Crippen molar-refractivity contribution in [3.63, 3.8) is 0 Å². The second-order valence-corrected chi connectivity index (χ2v) is 4.90. The molecule has 0 aliphatic heterocycles. The van der Waals surface area contributed by atoms with E-state index in [1.807, 2.05) is 0 Å². The number of nitrogens with zero attached hydrogens (tertiary/aromatic N) is 1. The molecule has 0 aliphatic carbocycles. The Hall–Kier alpha value is -1.45. The maximum absolute atomic E-state index is 12.6. The number of amidine groups is 1. The zero-order valence-electron chi connectivity index (χ0n) is 10.1. The van der Waals surface area contributed by atoms with Crippen LogP contribution in [0.1, 0.15) is 11.1 Å². The molecule has 1 aromatic rings. The van der Waals surface area contributed by atoms with Crippen LogP contribution in [-0.4, -0.2) is 39.7 Å². The van der Waals surface area contributed by atoms with Gasteiger partial charge in [-0.15, -0.1) is 11.8 Å². The van der Waals surface area contributed by atoms with Gasteiger partial charge in [-0.25, -0.2) is 0 Å². The average Bonchev–Trinajstić information content (AvgIpc) is 2.42. The third-order valence-corrected chi connectivity index (χ3v) is 3.55. The number of alkyl halides is 3. The van der Waals surface area contributed by atoms with Crippen LogP contribution in [0.5, 0.6) is 0 Å². The highest BCUT2D eigenvalue weighted by Gasteiger charge is 2.31. The first kappa shape index (κ1) is 16.6. The Morgan fingerprint density at radius 2 is 2.05 bits per heavy atom. The second kappa shape index (κ2) is 6.82. The summed E-state index contributed by atoms with van der Waals surface area (Å²) >= 11 is 0.993. The van der Waals surface area contributed by atoms with Crippen molar-refractivity contribution in [2.45, 2.75) is 17.2 Å². The number of hydrogen-bond donors (Lipinski definition) is 4. The van der Waals surface area contributed by atoms with E-state index >= 15 is 0 Å². The molecule has 5 nitrogen and oxygen atoms in total. The molecule has 0 radical (unpaired) electrons. The van der Waals surface area contributed by atoms with Gasteiger partial charge in [-0.05, 0) is 18.2 Å².